The molecule has 1 fully saturated rings. The number of sulfone groups is 1. The topological polar surface area (TPSA) is 106 Å². The van der Waals surface area contributed by atoms with Gasteiger partial charge >= 0.3 is 0 Å². The van der Waals surface area contributed by atoms with Crippen LogP contribution < -0.4 is 10.5 Å². The molecule has 0 radical (unpaired) electrons. The maximum atomic E-state index is 12.4. The van der Waals surface area contributed by atoms with Crippen molar-refractivity contribution >= 4 is 35.8 Å². The van der Waals surface area contributed by atoms with Gasteiger partial charge in [-0.1, -0.05) is 6.07 Å². The number of rotatable bonds is 4. The van der Waals surface area contributed by atoms with E-state index in [2.05, 4.69) is 20.7 Å². The molecule has 3 N–H and O–H groups in total. The Bertz CT molecular complexity index is 718. The Kier molecular flexibility index (Phi) is 5.09. The van der Waals surface area contributed by atoms with Gasteiger partial charge in [-0.15, -0.1) is 0 Å². The quantitative estimate of drug-likeness (QED) is 0.781. The summed E-state index contributed by atoms with van der Waals surface area (Å²) in [5.41, 5.74) is 6.33. The van der Waals surface area contributed by atoms with Crippen molar-refractivity contribution < 1.29 is 16.8 Å². The number of nitrogens with two attached hydrogens (primary N) is 1. The summed E-state index contributed by atoms with van der Waals surface area (Å²) in [4.78, 5) is 0.133. The molecule has 1 aromatic rings. The van der Waals surface area contributed by atoms with Gasteiger partial charge in [-0.05, 0) is 46.5 Å². The van der Waals surface area contributed by atoms with Crippen molar-refractivity contribution in [1.29, 1.82) is 0 Å². The molecule has 1 aromatic carbocycles. The van der Waals surface area contributed by atoms with Gasteiger partial charge in [0.25, 0.3) is 0 Å². The van der Waals surface area contributed by atoms with Crippen LogP contribution >= 0.6 is 15.9 Å². The van der Waals surface area contributed by atoms with Gasteiger partial charge in [0.2, 0.25) is 10.0 Å². The van der Waals surface area contributed by atoms with Crippen molar-refractivity contribution in [2.45, 2.75) is 30.3 Å². The van der Waals surface area contributed by atoms with E-state index in [9.17, 15) is 16.8 Å². The molecule has 1 heterocycles. The second-order valence-corrected chi connectivity index (χ2v) is 9.86. The Morgan fingerprint density at radius 3 is 2.43 bits per heavy atom. The standard InChI is InChI=1S/C12H17BrN2O4S2/c13-11-7-9(8-14)1-2-12(11)21(18,19)15-10-3-5-20(16,17)6-4-10/h1-2,7,10,15H,3-6,8,14H2. The highest BCUT2D eigenvalue weighted by molar-refractivity contribution is 9.10. The molecule has 0 amide bonds. The molecular weight excluding hydrogens is 380 g/mol. The summed E-state index contributed by atoms with van der Waals surface area (Å²) in [5, 5.41) is 0. The number of benzene rings is 1. The predicted octanol–water partition coefficient (Wildman–Crippen LogP) is 0.763. The van der Waals surface area contributed by atoms with Crippen LogP contribution in [0, 0.1) is 0 Å². The number of sulfonamides is 1. The van der Waals surface area contributed by atoms with E-state index in [1.165, 1.54) is 6.07 Å². The van der Waals surface area contributed by atoms with Crippen molar-refractivity contribution in [2.24, 2.45) is 5.73 Å². The van der Waals surface area contributed by atoms with E-state index in [4.69, 9.17) is 5.73 Å². The number of halogens is 1. The Labute approximate surface area is 133 Å². The van der Waals surface area contributed by atoms with Gasteiger partial charge in [0.05, 0.1) is 16.4 Å². The van der Waals surface area contributed by atoms with Crippen LogP contribution in [0.5, 0.6) is 0 Å². The van der Waals surface area contributed by atoms with Gasteiger partial charge in [0.15, 0.2) is 0 Å². The molecule has 1 saturated heterocycles. The number of hydrogen-bond donors (Lipinski definition) is 2. The lowest BCUT2D eigenvalue weighted by Gasteiger charge is -2.23. The van der Waals surface area contributed by atoms with Crippen LogP contribution in [-0.2, 0) is 26.4 Å². The van der Waals surface area contributed by atoms with Crippen LogP contribution in [0.4, 0.5) is 0 Å². The summed E-state index contributed by atoms with van der Waals surface area (Å²) in [6.45, 7) is 0.326. The average Bonchev–Trinajstić information content (AvgIpc) is 2.40. The minimum Gasteiger partial charge on any atom is -0.326 e. The third kappa shape index (κ3) is 4.26. The fourth-order valence-electron chi connectivity index (χ4n) is 2.18. The average molecular weight is 397 g/mol. The zero-order valence-corrected chi connectivity index (χ0v) is 14.5. The highest BCUT2D eigenvalue weighted by Gasteiger charge is 2.28. The lowest BCUT2D eigenvalue weighted by molar-refractivity contribution is 0.505. The highest BCUT2D eigenvalue weighted by atomic mass is 79.9. The molecule has 1 aliphatic heterocycles. The van der Waals surface area contributed by atoms with Gasteiger partial charge in [0, 0.05) is 17.1 Å². The fraction of sp³-hybridized carbons (Fsp3) is 0.500. The molecule has 9 heteroatoms. The molecule has 0 spiro atoms. The summed E-state index contributed by atoms with van der Waals surface area (Å²) < 4.78 is 50.5. The Morgan fingerprint density at radius 2 is 1.90 bits per heavy atom. The largest absolute Gasteiger partial charge is 0.326 e. The third-order valence-corrected chi connectivity index (χ3v) is 7.61. The van der Waals surface area contributed by atoms with E-state index < -0.39 is 19.9 Å². The van der Waals surface area contributed by atoms with E-state index in [1.807, 2.05) is 0 Å². The van der Waals surface area contributed by atoms with Crippen LogP contribution in [0.1, 0.15) is 18.4 Å². The van der Waals surface area contributed by atoms with Crippen molar-refractivity contribution in [2.75, 3.05) is 11.5 Å². The first-order chi connectivity index (χ1) is 9.73. The minimum atomic E-state index is -3.69. The first-order valence-corrected chi connectivity index (χ1v) is 10.5. The normalized spacial score (nSPS) is 19.5. The maximum absolute atomic E-state index is 12.4. The monoisotopic (exact) mass is 396 g/mol. The Balaban J connectivity index is 2.16. The summed E-state index contributed by atoms with van der Waals surface area (Å²) in [6.07, 6.45) is 0.611. The minimum absolute atomic E-state index is 0.0213. The molecule has 0 saturated carbocycles. The van der Waals surface area contributed by atoms with E-state index in [0.29, 0.717) is 23.9 Å². The first kappa shape index (κ1) is 16.9. The second-order valence-electron chi connectivity index (χ2n) is 5.02. The molecule has 0 atom stereocenters. The lowest BCUT2D eigenvalue weighted by Crippen LogP contribution is -2.40. The van der Waals surface area contributed by atoms with E-state index >= 15 is 0 Å². The SMILES string of the molecule is NCc1ccc(S(=O)(=O)NC2CCS(=O)(=O)CC2)c(Br)c1. The van der Waals surface area contributed by atoms with Crippen molar-refractivity contribution in [3.8, 4) is 0 Å². The molecule has 1 aliphatic rings. The summed E-state index contributed by atoms with van der Waals surface area (Å²) >= 11 is 3.24. The van der Waals surface area contributed by atoms with E-state index in [0.717, 1.165) is 5.56 Å². The second kappa shape index (κ2) is 6.33. The van der Waals surface area contributed by atoms with Gasteiger partial charge in [0.1, 0.15) is 9.84 Å². The van der Waals surface area contributed by atoms with Crippen molar-refractivity contribution in [3.63, 3.8) is 0 Å². The lowest BCUT2D eigenvalue weighted by atomic mass is 10.2. The van der Waals surface area contributed by atoms with Gasteiger partial charge in [-0.3, -0.25) is 0 Å². The van der Waals surface area contributed by atoms with Crippen LogP contribution in [0.2, 0.25) is 0 Å². The summed E-state index contributed by atoms with van der Waals surface area (Å²) in [6, 6.07) is 4.47. The molecule has 2 rings (SSSR count). The molecule has 118 valence electrons. The van der Waals surface area contributed by atoms with E-state index in [-0.39, 0.29) is 22.4 Å². The third-order valence-electron chi connectivity index (χ3n) is 3.40. The maximum Gasteiger partial charge on any atom is 0.241 e. The van der Waals surface area contributed by atoms with Crippen LogP contribution in [0.15, 0.2) is 27.6 Å². The number of hydrogen-bond acceptors (Lipinski definition) is 5. The van der Waals surface area contributed by atoms with Gasteiger partial charge in [-0.25, -0.2) is 21.6 Å². The molecule has 0 unspecified atom stereocenters. The smallest absolute Gasteiger partial charge is 0.241 e. The molecular formula is C12H17BrN2O4S2. The molecule has 6 nitrogen and oxygen atoms in total. The highest BCUT2D eigenvalue weighted by Crippen LogP contribution is 2.24. The van der Waals surface area contributed by atoms with Crippen molar-refractivity contribution in [1.82, 2.24) is 4.72 Å². The van der Waals surface area contributed by atoms with Crippen LogP contribution in [0.25, 0.3) is 0 Å². The zero-order chi connectivity index (χ0) is 15.7. The van der Waals surface area contributed by atoms with Crippen molar-refractivity contribution in [3.05, 3.63) is 28.2 Å². The predicted molar refractivity (Wildman–Crippen MR) is 84.0 cm³/mol. The summed E-state index contributed by atoms with van der Waals surface area (Å²) in [7, 11) is -6.70. The van der Waals surface area contributed by atoms with Gasteiger partial charge in [-0.2, -0.15) is 0 Å². The number of nitrogens with one attached hydrogen (secondary N) is 1. The van der Waals surface area contributed by atoms with Gasteiger partial charge < -0.3 is 5.73 Å². The zero-order valence-electron chi connectivity index (χ0n) is 11.2. The van der Waals surface area contributed by atoms with Crippen LogP contribution in [-0.4, -0.2) is 34.4 Å². The Morgan fingerprint density at radius 1 is 1.29 bits per heavy atom. The molecule has 0 aromatic heterocycles. The Hall–Kier alpha value is -0.480. The molecule has 0 aliphatic carbocycles. The first-order valence-electron chi connectivity index (χ1n) is 6.45. The summed E-state index contributed by atoms with van der Waals surface area (Å²) in [5.74, 6) is 0.0426. The molecule has 0 bridgehead atoms. The van der Waals surface area contributed by atoms with E-state index in [1.54, 1.807) is 12.1 Å². The molecule has 21 heavy (non-hydrogen) atoms. The van der Waals surface area contributed by atoms with Crippen LogP contribution in [0.3, 0.4) is 0 Å². The fourth-order valence-corrected chi connectivity index (χ4v) is 6.10.